The number of hydrogen-bond acceptors (Lipinski definition) is 4. The lowest BCUT2D eigenvalue weighted by Crippen LogP contribution is -2.45. The number of amides is 1. The minimum Gasteiger partial charge on any atom is -0.354 e. The molecule has 1 aliphatic rings. The van der Waals surface area contributed by atoms with Crippen LogP contribution in [0.3, 0.4) is 0 Å². The van der Waals surface area contributed by atoms with Gasteiger partial charge in [-0.3, -0.25) is 14.5 Å². The molecule has 8 heteroatoms. The minimum atomic E-state index is -0.304. The molecule has 0 unspecified atom stereocenters. The third-order valence-electron chi connectivity index (χ3n) is 7.48. The number of carbonyl (C=O) groups is 1. The summed E-state index contributed by atoms with van der Waals surface area (Å²) >= 11 is 0. The number of hydrogen-bond donors (Lipinski definition) is 1. The van der Waals surface area contributed by atoms with Gasteiger partial charge in [-0.2, -0.15) is 5.10 Å². The standard InChI is InChI=1S/C27H36FN5O2/c1-18-9-7-10-19(2)31(18)14-8-13-29-25(34)17-33-27(35)26-21(4)32(20(3)23(26)15-30-33)16-22-11-5-6-12-24(22)28/h5-6,11-12,15,18-19H,7-10,13-14,16-17H2,1-4H3,(H,29,34)/t18-,19-/m0/s1. The van der Waals surface area contributed by atoms with Crippen LogP contribution in [-0.4, -0.2) is 50.3 Å². The van der Waals surface area contributed by atoms with Crippen LogP contribution in [0.5, 0.6) is 0 Å². The highest BCUT2D eigenvalue weighted by atomic mass is 19.1. The van der Waals surface area contributed by atoms with E-state index < -0.39 is 0 Å². The van der Waals surface area contributed by atoms with Crippen molar-refractivity contribution in [1.29, 1.82) is 0 Å². The number of nitrogens with one attached hydrogen (secondary N) is 1. The Morgan fingerprint density at radius 1 is 1.14 bits per heavy atom. The molecule has 4 rings (SSSR count). The fourth-order valence-corrected chi connectivity index (χ4v) is 5.39. The summed E-state index contributed by atoms with van der Waals surface area (Å²) in [6.45, 7) is 10.0. The molecule has 0 bridgehead atoms. The number of halogens is 1. The molecule has 35 heavy (non-hydrogen) atoms. The summed E-state index contributed by atoms with van der Waals surface area (Å²) in [5.41, 5.74) is 1.84. The first-order valence-electron chi connectivity index (χ1n) is 12.6. The van der Waals surface area contributed by atoms with E-state index in [9.17, 15) is 14.0 Å². The summed E-state index contributed by atoms with van der Waals surface area (Å²) in [7, 11) is 0. The quantitative estimate of drug-likeness (QED) is 0.497. The fraction of sp³-hybridized carbons (Fsp3) is 0.519. The Kier molecular flexibility index (Phi) is 7.69. The summed E-state index contributed by atoms with van der Waals surface area (Å²) in [6.07, 6.45) is 6.25. The lowest BCUT2D eigenvalue weighted by Gasteiger charge is -2.39. The molecule has 1 N–H and O–H groups in total. The van der Waals surface area contributed by atoms with E-state index in [-0.39, 0.29) is 23.8 Å². The van der Waals surface area contributed by atoms with E-state index in [1.807, 2.05) is 18.4 Å². The Bertz CT molecular complexity index is 1250. The van der Waals surface area contributed by atoms with Crippen molar-refractivity contribution in [3.8, 4) is 0 Å². The highest BCUT2D eigenvalue weighted by Crippen LogP contribution is 2.24. The van der Waals surface area contributed by atoms with E-state index in [1.165, 1.54) is 30.0 Å². The number of fused-ring (bicyclic) bond motifs is 1. The van der Waals surface area contributed by atoms with Crippen molar-refractivity contribution >= 4 is 16.7 Å². The summed E-state index contributed by atoms with van der Waals surface area (Å²) in [4.78, 5) is 28.3. The molecule has 0 saturated carbocycles. The van der Waals surface area contributed by atoms with Gasteiger partial charge in [0.15, 0.2) is 0 Å². The second-order valence-electron chi connectivity index (χ2n) is 9.81. The van der Waals surface area contributed by atoms with E-state index in [1.54, 1.807) is 24.4 Å². The van der Waals surface area contributed by atoms with Crippen LogP contribution >= 0.6 is 0 Å². The topological polar surface area (TPSA) is 72.2 Å². The van der Waals surface area contributed by atoms with Crippen LogP contribution < -0.4 is 10.9 Å². The lowest BCUT2D eigenvalue weighted by atomic mass is 9.97. The average molecular weight is 482 g/mol. The monoisotopic (exact) mass is 481 g/mol. The molecule has 3 aromatic rings. The molecule has 0 radical (unpaired) electrons. The highest BCUT2D eigenvalue weighted by Gasteiger charge is 2.24. The fourth-order valence-electron chi connectivity index (χ4n) is 5.39. The predicted octanol–water partition coefficient (Wildman–Crippen LogP) is 3.77. The summed E-state index contributed by atoms with van der Waals surface area (Å²) in [5.74, 6) is -0.501. The second kappa shape index (κ2) is 10.7. The van der Waals surface area contributed by atoms with Crippen molar-refractivity contribution in [3.63, 3.8) is 0 Å². The summed E-state index contributed by atoms with van der Waals surface area (Å²) in [6, 6.07) is 7.80. The normalized spacial score (nSPS) is 18.8. The van der Waals surface area contributed by atoms with E-state index in [4.69, 9.17) is 0 Å². The first kappa shape index (κ1) is 25.1. The van der Waals surface area contributed by atoms with Gasteiger partial charge >= 0.3 is 0 Å². The van der Waals surface area contributed by atoms with Gasteiger partial charge < -0.3 is 9.88 Å². The van der Waals surface area contributed by atoms with Crippen LogP contribution in [-0.2, 0) is 17.9 Å². The molecular weight excluding hydrogens is 445 g/mol. The minimum absolute atomic E-state index is 0.123. The SMILES string of the molecule is Cc1c2cnn(CC(=O)NCCCN3[C@@H](C)CCC[C@@H]3C)c(=O)c2c(C)n1Cc1ccccc1F. The number of aromatic nitrogens is 3. The maximum Gasteiger partial charge on any atom is 0.276 e. The molecule has 1 amide bonds. The molecule has 188 valence electrons. The van der Waals surface area contributed by atoms with Crippen molar-refractivity contribution in [3.05, 3.63) is 63.6 Å². The number of nitrogens with zero attached hydrogens (tertiary/aromatic N) is 4. The van der Waals surface area contributed by atoms with Gasteiger partial charge in [-0.1, -0.05) is 24.6 Å². The zero-order chi connectivity index (χ0) is 25.1. The van der Waals surface area contributed by atoms with Gasteiger partial charge in [0.05, 0.1) is 18.1 Å². The Morgan fingerprint density at radius 3 is 2.57 bits per heavy atom. The highest BCUT2D eigenvalue weighted by molar-refractivity contribution is 5.87. The zero-order valence-corrected chi connectivity index (χ0v) is 21.2. The van der Waals surface area contributed by atoms with Gasteiger partial charge in [0.2, 0.25) is 5.91 Å². The van der Waals surface area contributed by atoms with Crippen molar-refractivity contribution in [2.45, 2.75) is 78.6 Å². The maximum absolute atomic E-state index is 14.2. The van der Waals surface area contributed by atoms with Crippen LogP contribution in [0.15, 0.2) is 35.3 Å². The largest absolute Gasteiger partial charge is 0.354 e. The number of piperidine rings is 1. The van der Waals surface area contributed by atoms with Gasteiger partial charge in [0, 0.05) is 47.5 Å². The number of benzene rings is 1. The van der Waals surface area contributed by atoms with E-state index in [0.717, 1.165) is 29.7 Å². The first-order chi connectivity index (χ1) is 16.8. The molecule has 1 fully saturated rings. The Balaban J connectivity index is 1.42. The van der Waals surface area contributed by atoms with Crippen LogP contribution in [0.25, 0.3) is 10.8 Å². The molecule has 2 aromatic heterocycles. The third kappa shape index (κ3) is 5.32. The summed E-state index contributed by atoms with van der Waals surface area (Å²) in [5, 5.41) is 8.44. The van der Waals surface area contributed by atoms with Gasteiger partial charge in [0.1, 0.15) is 12.4 Å². The number of rotatable bonds is 8. The third-order valence-corrected chi connectivity index (χ3v) is 7.48. The van der Waals surface area contributed by atoms with Crippen molar-refractivity contribution in [2.24, 2.45) is 0 Å². The van der Waals surface area contributed by atoms with Gasteiger partial charge in [0.25, 0.3) is 5.56 Å². The molecule has 3 heterocycles. The van der Waals surface area contributed by atoms with Crippen LogP contribution in [0.2, 0.25) is 0 Å². The predicted molar refractivity (Wildman–Crippen MR) is 136 cm³/mol. The summed E-state index contributed by atoms with van der Waals surface area (Å²) < 4.78 is 17.4. The second-order valence-corrected chi connectivity index (χ2v) is 9.81. The van der Waals surface area contributed by atoms with Crippen molar-refractivity contribution in [2.75, 3.05) is 13.1 Å². The average Bonchev–Trinajstić information content (AvgIpc) is 3.06. The number of aryl methyl sites for hydroxylation is 2. The molecule has 0 aliphatic carbocycles. The van der Waals surface area contributed by atoms with Gasteiger partial charge in [-0.05, 0) is 53.0 Å². The Morgan fingerprint density at radius 2 is 1.86 bits per heavy atom. The number of likely N-dealkylation sites (tertiary alicyclic amines) is 1. The molecular formula is C27H36FN5O2. The first-order valence-corrected chi connectivity index (χ1v) is 12.6. The lowest BCUT2D eigenvalue weighted by molar-refractivity contribution is -0.121. The van der Waals surface area contributed by atoms with E-state index >= 15 is 0 Å². The van der Waals surface area contributed by atoms with Crippen LogP contribution in [0, 0.1) is 19.7 Å². The molecule has 1 saturated heterocycles. The van der Waals surface area contributed by atoms with Crippen molar-refractivity contribution < 1.29 is 9.18 Å². The van der Waals surface area contributed by atoms with E-state index in [2.05, 4.69) is 29.2 Å². The molecule has 2 atom stereocenters. The smallest absolute Gasteiger partial charge is 0.276 e. The Labute approximate surface area is 205 Å². The molecule has 7 nitrogen and oxygen atoms in total. The molecule has 1 aliphatic heterocycles. The Hall–Kier alpha value is -3.00. The number of carbonyl (C=O) groups excluding carboxylic acids is 1. The molecule has 0 spiro atoms. The van der Waals surface area contributed by atoms with Gasteiger partial charge in [-0.15, -0.1) is 0 Å². The van der Waals surface area contributed by atoms with Crippen LogP contribution in [0.4, 0.5) is 4.39 Å². The maximum atomic E-state index is 14.2. The van der Waals surface area contributed by atoms with Crippen molar-refractivity contribution in [1.82, 2.24) is 24.6 Å². The molecule has 1 aromatic carbocycles. The van der Waals surface area contributed by atoms with E-state index in [0.29, 0.717) is 36.1 Å². The van der Waals surface area contributed by atoms with Gasteiger partial charge in [-0.25, -0.2) is 9.07 Å². The zero-order valence-electron chi connectivity index (χ0n) is 21.2. The van der Waals surface area contributed by atoms with Crippen LogP contribution in [0.1, 0.15) is 56.5 Å².